The number of aryl methyl sites for hydroxylation is 2. The van der Waals surface area contributed by atoms with E-state index in [-0.39, 0.29) is 12.0 Å². The molecule has 0 aliphatic carbocycles. The monoisotopic (exact) mass is 232 g/mol. The highest BCUT2D eigenvalue weighted by Crippen LogP contribution is 2.33. The SMILES string of the molecule is CCC(C#N)C(N)c1c(C)cc(C)cc1OC. The Bertz CT molecular complexity index is 435. The summed E-state index contributed by atoms with van der Waals surface area (Å²) < 4.78 is 5.38. The van der Waals surface area contributed by atoms with Crippen molar-refractivity contribution in [1.29, 1.82) is 5.26 Å². The molecule has 0 aliphatic heterocycles. The van der Waals surface area contributed by atoms with Gasteiger partial charge in [-0.15, -0.1) is 0 Å². The largest absolute Gasteiger partial charge is 0.496 e. The maximum absolute atomic E-state index is 9.10. The fourth-order valence-corrected chi connectivity index (χ4v) is 2.16. The molecule has 0 fully saturated rings. The Morgan fingerprint density at radius 1 is 1.41 bits per heavy atom. The molecule has 0 spiro atoms. The lowest BCUT2D eigenvalue weighted by atomic mass is 9.89. The normalized spacial score (nSPS) is 13.9. The highest BCUT2D eigenvalue weighted by molar-refractivity contribution is 5.45. The van der Waals surface area contributed by atoms with Crippen LogP contribution in [-0.2, 0) is 0 Å². The maximum atomic E-state index is 9.10. The molecule has 0 saturated carbocycles. The van der Waals surface area contributed by atoms with Gasteiger partial charge in [-0.25, -0.2) is 0 Å². The lowest BCUT2D eigenvalue weighted by molar-refractivity contribution is 0.396. The van der Waals surface area contributed by atoms with E-state index >= 15 is 0 Å². The first-order chi connectivity index (χ1) is 8.04. The number of nitrogens with two attached hydrogens (primary N) is 1. The molecule has 2 atom stereocenters. The lowest BCUT2D eigenvalue weighted by Crippen LogP contribution is -2.21. The minimum Gasteiger partial charge on any atom is -0.496 e. The first kappa shape index (κ1) is 13.5. The zero-order chi connectivity index (χ0) is 13.0. The van der Waals surface area contributed by atoms with E-state index < -0.39 is 0 Å². The Morgan fingerprint density at radius 3 is 2.53 bits per heavy atom. The average molecular weight is 232 g/mol. The molecule has 0 saturated heterocycles. The predicted molar refractivity (Wildman–Crippen MR) is 68.8 cm³/mol. The Balaban J connectivity index is 3.25. The van der Waals surface area contributed by atoms with Gasteiger partial charge in [-0.3, -0.25) is 0 Å². The van der Waals surface area contributed by atoms with Gasteiger partial charge in [0, 0.05) is 11.6 Å². The molecule has 0 amide bonds. The van der Waals surface area contributed by atoms with Crippen LogP contribution in [0.25, 0.3) is 0 Å². The smallest absolute Gasteiger partial charge is 0.124 e. The Morgan fingerprint density at radius 2 is 2.06 bits per heavy atom. The topological polar surface area (TPSA) is 59.0 Å². The van der Waals surface area contributed by atoms with E-state index in [4.69, 9.17) is 15.7 Å². The van der Waals surface area contributed by atoms with Crippen molar-refractivity contribution in [2.45, 2.75) is 33.2 Å². The molecule has 0 radical (unpaired) electrons. The zero-order valence-corrected chi connectivity index (χ0v) is 10.9. The van der Waals surface area contributed by atoms with Gasteiger partial charge in [0.05, 0.1) is 19.1 Å². The summed E-state index contributed by atoms with van der Waals surface area (Å²) in [6.07, 6.45) is 0.744. The molecule has 3 heteroatoms. The Labute approximate surface area is 103 Å². The average Bonchev–Trinajstić information content (AvgIpc) is 2.29. The van der Waals surface area contributed by atoms with Crippen LogP contribution in [0, 0.1) is 31.1 Å². The summed E-state index contributed by atoms with van der Waals surface area (Å²) in [5.41, 5.74) is 9.36. The molecule has 17 heavy (non-hydrogen) atoms. The molecule has 1 aromatic rings. The number of hydrogen-bond acceptors (Lipinski definition) is 3. The van der Waals surface area contributed by atoms with Crippen LogP contribution in [-0.4, -0.2) is 7.11 Å². The van der Waals surface area contributed by atoms with Crippen molar-refractivity contribution in [3.8, 4) is 11.8 Å². The van der Waals surface area contributed by atoms with E-state index in [1.54, 1.807) is 7.11 Å². The van der Waals surface area contributed by atoms with E-state index in [2.05, 4.69) is 12.1 Å². The van der Waals surface area contributed by atoms with Gasteiger partial charge in [0.25, 0.3) is 0 Å². The van der Waals surface area contributed by atoms with E-state index in [0.717, 1.165) is 28.9 Å². The van der Waals surface area contributed by atoms with Crippen LogP contribution in [0.15, 0.2) is 12.1 Å². The molecule has 3 nitrogen and oxygen atoms in total. The second kappa shape index (κ2) is 5.70. The minimum atomic E-state index is -0.291. The van der Waals surface area contributed by atoms with Crippen LogP contribution >= 0.6 is 0 Å². The van der Waals surface area contributed by atoms with Gasteiger partial charge in [-0.05, 0) is 37.5 Å². The first-order valence-electron chi connectivity index (χ1n) is 5.85. The van der Waals surface area contributed by atoms with Gasteiger partial charge in [0.1, 0.15) is 5.75 Å². The van der Waals surface area contributed by atoms with Gasteiger partial charge >= 0.3 is 0 Å². The summed E-state index contributed by atoms with van der Waals surface area (Å²) in [6.45, 7) is 6.00. The van der Waals surface area contributed by atoms with Gasteiger partial charge in [0.2, 0.25) is 0 Å². The molecule has 2 unspecified atom stereocenters. The van der Waals surface area contributed by atoms with E-state index in [0.29, 0.717) is 0 Å². The quantitative estimate of drug-likeness (QED) is 0.868. The minimum absolute atomic E-state index is 0.176. The Kier molecular flexibility index (Phi) is 4.53. The van der Waals surface area contributed by atoms with Crippen molar-refractivity contribution in [1.82, 2.24) is 0 Å². The van der Waals surface area contributed by atoms with Crippen molar-refractivity contribution < 1.29 is 4.74 Å². The predicted octanol–water partition coefficient (Wildman–Crippen LogP) is 2.86. The van der Waals surface area contributed by atoms with Gasteiger partial charge in [0.15, 0.2) is 0 Å². The fourth-order valence-electron chi connectivity index (χ4n) is 2.16. The summed E-state index contributed by atoms with van der Waals surface area (Å²) in [5.74, 6) is 0.606. The van der Waals surface area contributed by atoms with Crippen LogP contribution in [0.2, 0.25) is 0 Å². The van der Waals surface area contributed by atoms with Crippen molar-refractivity contribution in [3.05, 3.63) is 28.8 Å². The van der Waals surface area contributed by atoms with Crippen molar-refractivity contribution >= 4 is 0 Å². The highest BCUT2D eigenvalue weighted by atomic mass is 16.5. The van der Waals surface area contributed by atoms with Gasteiger partial charge < -0.3 is 10.5 Å². The molecular weight excluding hydrogens is 212 g/mol. The molecule has 0 bridgehead atoms. The summed E-state index contributed by atoms with van der Waals surface area (Å²) >= 11 is 0. The number of nitrogens with zero attached hydrogens (tertiary/aromatic N) is 1. The van der Waals surface area contributed by atoms with E-state index in [1.807, 2.05) is 26.8 Å². The van der Waals surface area contributed by atoms with Gasteiger partial charge in [-0.1, -0.05) is 13.0 Å². The number of rotatable bonds is 4. The molecule has 2 N–H and O–H groups in total. The third-order valence-electron chi connectivity index (χ3n) is 3.09. The standard InChI is InChI=1S/C14H20N2O/c1-5-11(8-15)14(16)13-10(3)6-9(2)7-12(13)17-4/h6-7,11,14H,5,16H2,1-4H3. The highest BCUT2D eigenvalue weighted by Gasteiger charge is 2.22. The third kappa shape index (κ3) is 2.78. The van der Waals surface area contributed by atoms with Crippen LogP contribution in [0.5, 0.6) is 5.75 Å². The van der Waals surface area contributed by atoms with Crippen molar-refractivity contribution in [3.63, 3.8) is 0 Å². The zero-order valence-electron chi connectivity index (χ0n) is 10.9. The number of hydrogen-bond donors (Lipinski definition) is 1. The lowest BCUT2D eigenvalue weighted by Gasteiger charge is -2.22. The van der Waals surface area contributed by atoms with Gasteiger partial charge in [-0.2, -0.15) is 5.26 Å². The number of methoxy groups -OCH3 is 1. The molecule has 0 aliphatic rings. The fraction of sp³-hybridized carbons (Fsp3) is 0.500. The number of benzene rings is 1. The second-order valence-corrected chi connectivity index (χ2v) is 4.37. The third-order valence-corrected chi connectivity index (χ3v) is 3.09. The first-order valence-corrected chi connectivity index (χ1v) is 5.85. The summed E-state index contributed by atoms with van der Waals surface area (Å²) in [5, 5.41) is 9.10. The summed E-state index contributed by atoms with van der Waals surface area (Å²) in [4.78, 5) is 0. The van der Waals surface area contributed by atoms with E-state index in [1.165, 1.54) is 0 Å². The summed E-state index contributed by atoms with van der Waals surface area (Å²) in [6, 6.07) is 6.01. The van der Waals surface area contributed by atoms with Crippen LogP contribution in [0.3, 0.4) is 0 Å². The Hall–Kier alpha value is -1.53. The van der Waals surface area contributed by atoms with Crippen LogP contribution in [0.4, 0.5) is 0 Å². The number of nitriles is 1. The molecular formula is C14H20N2O. The molecule has 92 valence electrons. The second-order valence-electron chi connectivity index (χ2n) is 4.37. The van der Waals surface area contributed by atoms with Crippen molar-refractivity contribution in [2.75, 3.05) is 7.11 Å². The van der Waals surface area contributed by atoms with Crippen molar-refractivity contribution in [2.24, 2.45) is 11.7 Å². The van der Waals surface area contributed by atoms with E-state index in [9.17, 15) is 0 Å². The number of ether oxygens (including phenoxy) is 1. The summed E-state index contributed by atoms with van der Waals surface area (Å²) in [7, 11) is 1.64. The van der Waals surface area contributed by atoms with Crippen LogP contribution in [0.1, 0.15) is 36.1 Å². The van der Waals surface area contributed by atoms with Crippen LogP contribution < -0.4 is 10.5 Å². The molecule has 0 heterocycles. The molecule has 1 rings (SSSR count). The maximum Gasteiger partial charge on any atom is 0.124 e. The molecule has 1 aromatic carbocycles. The molecule has 0 aromatic heterocycles.